The van der Waals surface area contributed by atoms with Gasteiger partial charge in [0.05, 0.1) is 15.7 Å². The predicted octanol–water partition coefficient (Wildman–Crippen LogP) is 3.48. The van der Waals surface area contributed by atoms with Crippen LogP contribution in [0.15, 0.2) is 18.2 Å². The van der Waals surface area contributed by atoms with Gasteiger partial charge in [0.15, 0.2) is 0 Å². The zero-order valence-electron chi connectivity index (χ0n) is 9.63. The van der Waals surface area contributed by atoms with Crippen LogP contribution in [0.1, 0.15) is 12.8 Å². The molecule has 0 aliphatic carbocycles. The molecule has 2 rings (SSSR count). The number of amides is 1. The second-order valence-corrected chi connectivity index (χ2v) is 5.39. The van der Waals surface area contributed by atoms with Gasteiger partial charge in [0, 0.05) is 17.7 Å². The third-order valence-electron chi connectivity index (χ3n) is 3.01. The average molecular weight is 308 g/mol. The normalized spacial score (nSPS) is 16.6. The first-order valence-corrected chi connectivity index (χ1v) is 6.84. The summed E-state index contributed by atoms with van der Waals surface area (Å²) in [4.78, 5) is 12.2. The van der Waals surface area contributed by atoms with Gasteiger partial charge in [-0.2, -0.15) is 0 Å². The minimum atomic E-state index is -0.0865. The van der Waals surface area contributed by atoms with E-state index in [0.29, 0.717) is 15.7 Å². The topological polar surface area (TPSA) is 32.3 Å². The highest BCUT2D eigenvalue weighted by molar-refractivity contribution is 6.43. The molecule has 1 N–H and O–H groups in total. The summed E-state index contributed by atoms with van der Waals surface area (Å²) in [6, 6.07) is 4.90. The molecule has 1 fully saturated rings. The van der Waals surface area contributed by atoms with Crippen molar-refractivity contribution in [2.45, 2.75) is 12.8 Å². The Hall–Kier alpha value is -0.480. The molecule has 1 saturated heterocycles. The number of benzene rings is 1. The minimum Gasteiger partial charge on any atom is -0.317 e. The number of hydrogen-bond acceptors (Lipinski definition) is 2. The Morgan fingerprint density at radius 1 is 1.22 bits per heavy atom. The third-order valence-corrected chi connectivity index (χ3v) is 4.11. The number of carbonyl (C=O) groups excluding carboxylic acids is 1. The van der Waals surface area contributed by atoms with Crippen LogP contribution in [0, 0.1) is 5.92 Å². The van der Waals surface area contributed by atoms with Gasteiger partial charge in [-0.25, -0.2) is 4.42 Å². The van der Waals surface area contributed by atoms with Gasteiger partial charge in [-0.1, -0.05) is 23.2 Å². The Bertz CT molecular complexity index is 447. The molecule has 0 spiro atoms. The molecule has 0 radical (unpaired) electrons. The Labute approximate surface area is 121 Å². The monoisotopic (exact) mass is 306 g/mol. The largest absolute Gasteiger partial charge is 0.317 e. The molecule has 0 atom stereocenters. The van der Waals surface area contributed by atoms with E-state index >= 15 is 0 Å². The van der Waals surface area contributed by atoms with Crippen molar-refractivity contribution in [1.82, 2.24) is 5.32 Å². The van der Waals surface area contributed by atoms with Crippen molar-refractivity contribution in [3.8, 4) is 0 Å². The summed E-state index contributed by atoms with van der Waals surface area (Å²) in [5.74, 6) is -0.116. The van der Waals surface area contributed by atoms with E-state index in [1.807, 2.05) is 0 Å². The summed E-state index contributed by atoms with van der Waals surface area (Å²) in [7, 11) is 0. The third kappa shape index (κ3) is 3.09. The van der Waals surface area contributed by atoms with E-state index in [1.165, 1.54) is 0 Å². The summed E-state index contributed by atoms with van der Waals surface area (Å²) in [5, 5.41) is 4.04. The summed E-state index contributed by atoms with van der Waals surface area (Å²) in [5.41, 5.74) is 0.551. The van der Waals surface area contributed by atoms with Crippen LogP contribution < -0.4 is 9.74 Å². The summed E-state index contributed by atoms with van der Waals surface area (Å²) >= 11 is 17.8. The molecular formula is C12H13Cl3N2O. The zero-order chi connectivity index (χ0) is 13.1. The van der Waals surface area contributed by atoms with E-state index in [1.54, 1.807) is 18.2 Å². The van der Waals surface area contributed by atoms with E-state index in [0.717, 1.165) is 30.4 Å². The maximum atomic E-state index is 12.2. The van der Waals surface area contributed by atoms with Crippen LogP contribution in [0.2, 0.25) is 10.0 Å². The van der Waals surface area contributed by atoms with Crippen molar-refractivity contribution in [3.63, 3.8) is 0 Å². The first kappa shape index (κ1) is 13.9. The molecule has 0 unspecified atom stereocenters. The number of anilines is 1. The van der Waals surface area contributed by atoms with Crippen LogP contribution in [0.4, 0.5) is 5.69 Å². The number of nitrogens with one attached hydrogen (secondary N) is 1. The first-order valence-electron chi connectivity index (χ1n) is 5.75. The van der Waals surface area contributed by atoms with Gasteiger partial charge in [0.1, 0.15) is 0 Å². The lowest BCUT2D eigenvalue weighted by Gasteiger charge is -2.25. The highest BCUT2D eigenvalue weighted by Crippen LogP contribution is 2.29. The van der Waals surface area contributed by atoms with Gasteiger partial charge in [0.2, 0.25) is 5.91 Å². The van der Waals surface area contributed by atoms with E-state index in [9.17, 15) is 4.79 Å². The molecule has 18 heavy (non-hydrogen) atoms. The van der Waals surface area contributed by atoms with Crippen molar-refractivity contribution in [3.05, 3.63) is 28.2 Å². The van der Waals surface area contributed by atoms with Gasteiger partial charge < -0.3 is 5.32 Å². The second kappa shape index (κ2) is 6.11. The Morgan fingerprint density at radius 3 is 2.50 bits per heavy atom. The number of nitrogens with zero attached hydrogens (tertiary/aromatic N) is 1. The first-order chi connectivity index (χ1) is 8.59. The van der Waals surface area contributed by atoms with Crippen molar-refractivity contribution in [1.29, 1.82) is 0 Å². The van der Waals surface area contributed by atoms with E-state index < -0.39 is 0 Å². The average Bonchev–Trinajstić information content (AvgIpc) is 2.41. The van der Waals surface area contributed by atoms with Crippen molar-refractivity contribution in [2.24, 2.45) is 5.92 Å². The molecule has 1 heterocycles. The summed E-state index contributed by atoms with van der Waals surface area (Å²) in [6.07, 6.45) is 1.62. The molecule has 6 heteroatoms. The fraction of sp³-hybridized carbons (Fsp3) is 0.417. The van der Waals surface area contributed by atoms with Gasteiger partial charge in [-0.05, 0) is 44.1 Å². The number of halogens is 3. The Balaban J connectivity index is 2.11. The van der Waals surface area contributed by atoms with Crippen LogP contribution in [0.5, 0.6) is 0 Å². The lowest BCUT2D eigenvalue weighted by atomic mass is 9.97. The van der Waals surface area contributed by atoms with Gasteiger partial charge in [-0.15, -0.1) is 0 Å². The SMILES string of the molecule is O=C(C1CCNCC1)N(Cl)c1ccc(Cl)c(Cl)c1. The van der Waals surface area contributed by atoms with Crippen LogP contribution in [-0.4, -0.2) is 19.0 Å². The molecule has 0 bridgehead atoms. The number of rotatable bonds is 2. The number of hydrogen-bond donors (Lipinski definition) is 1. The van der Waals surface area contributed by atoms with E-state index in [2.05, 4.69) is 5.32 Å². The van der Waals surface area contributed by atoms with E-state index in [4.69, 9.17) is 35.0 Å². The molecular weight excluding hydrogens is 295 g/mol. The van der Waals surface area contributed by atoms with Gasteiger partial charge in [-0.3, -0.25) is 4.79 Å². The molecule has 1 aromatic rings. The van der Waals surface area contributed by atoms with Crippen molar-refractivity contribution < 1.29 is 4.79 Å². The molecule has 1 amide bonds. The maximum Gasteiger partial charge on any atom is 0.244 e. The molecule has 98 valence electrons. The summed E-state index contributed by atoms with van der Waals surface area (Å²) < 4.78 is 1.14. The lowest BCUT2D eigenvalue weighted by Crippen LogP contribution is -2.37. The molecule has 1 aliphatic heterocycles. The highest BCUT2D eigenvalue weighted by Gasteiger charge is 2.26. The number of carbonyl (C=O) groups is 1. The van der Waals surface area contributed by atoms with Crippen LogP contribution in [-0.2, 0) is 4.79 Å². The predicted molar refractivity (Wildman–Crippen MR) is 75.4 cm³/mol. The molecule has 1 aromatic carbocycles. The van der Waals surface area contributed by atoms with Crippen LogP contribution in [0.25, 0.3) is 0 Å². The molecule has 0 saturated carbocycles. The van der Waals surface area contributed by atoms with Crippen LogP contribution in [0.3, 0.4) is 0 Å². The van der Waals surface area contributed by atoms with Crippen LogP contribution >= 0.6 is 35.0 Å². The Morgan fingerprint density at radius 2 is 1.89 bits per heavy atom. The minimum absolute atomic E-state index is 0.0294. The lowest BCUT2D eigenvalue weighted by molar-refractivity contribution is -0.121. The molecule has 1 aliphatic rings. The fourth-order valence-corrected chi connectivity index (χ4v) is 2.50. The smallest absolute Gasteiger partial charge is 0.244 e. The van der Waals surface area contributed by atoms with Crippen molar-refractivity contribution in [2.75, 3.05) is 17.5 Å². The van der Waals surface area contributed by atoms with Gasteiger partial charge >= 0.3 is 0 Å². The highest BCUT2D eigenvalue weighted by atomic mass is 35.5. The maximum absolute atomic E-state index is 12.2. The quantitative estimate of drug-likeness (QED) is 0.848. The number of piperidine rings is 1. The van der Waals surface area contributed by atoms with E-state index in [-0.39, 0.29) is 11.8 Å². The fourth-order valence-electron chi connectivity index (χ4n) is 1.96. The second-order valence-electron chi connectivity index (χ2n) is 4.24. The zero-order valence-corrected chi connectivity index (χ0v) is 11.9. The van der Waals surface area contributed by atoms with Crippen molar-refractivity contribution >= 4 is 46.6 Å². The van der Waals surface area contributed by atoms with Gasteiger partial charge in [0.25, 0.3) is 0 Å². The summed E-state index contributed by atoms with van der Waals surface area (Å²) in [6.45, 7) is 1.70. The Kier molecular flexibility index (Phi) is 4.73. The molecule has 3 nitrogen and oxygen atoms in total. The molecule has 0 aromatic heterocycles. The standard InChI is InChI=1S/C12H13Cl3N2O/c13-10-2-1-9(7-11(10)14)17(15)12(18)8-3-5-16-6-4-8/h1-2,7-8,16H,3-6H2.